The van der Waals surface area contributed by atoms with Gasteiger partial charge in [-0.25, -0.2) is 0 Å². The summed E-state index contributed by atoms with van der Waals surface area (Å²) in [6.07, 6.45) is 38.0. The highest BCUT2D eigenvalue weighted by Gasteiger charge is 2.32. The smallest absolute Gasteiger partial charge is 0.306 e. The highest BCUT2D eigenvalue weighted by molar-refractivity contribution is 5.69. The molecule has 2 unspecified atom stereocenters. The van der Waals surface area contributed by atoms with E-state index < -0.39 is 0 Å². The first-order valence-corrected chi connectivity index (χ1v) is 22.1. The lowest BCUT2D eigenvalue weighted by Gasteiger charge is -2.27. The SMILES string of the molecule is CCCCCCCCCOC(=O)CCCCCC1CCN(CC)C1CCCCCC(=O)OC(CCCCCCCC)CCCCCCCC. The molecule has 0 aromatic rings. The number of esters is 2. The Morgan fingerprint density at radius 2 is 1.02 bits per heavy atom. The molecule has 1 aliphatic rings. The molecule has 0 amide bonds. The zero-order chi connectivity index (χ0) is 35.6. The van der Waals surface area contributed by atoms with Gasteiger partial charge in [0.05, 0.1) is 6.61 Å². The standard InChI is InChI=1S/C44H85NO4/c1-5-9-12-15-18-21-30-39-48-43(46)35-28-22-24-31-40-37-38-45(8-4)42(40)34-27-23-29-36-44(47)49-41(32-25-19-16-13-10-6-2)33-26-20-17-14-11-7-3/h40-42H,5-39H2,1-4H3. The van der Waals surface area contributed by atoms with Gasteiger partial charge in [0.2, 0.25) is 0 Å². The lowest BCUT2D eigenvalue weighted by atomic mass is 9.90. The third-order valence-electron chi connectivity index (χ3n) is 11.1. The topological polar surface area (TPSA) is 55.8 Å². The molecule has 1 aliphatic heterocycles. The molecule has 1 heterocycles. The van der Waals surface area contributed by atoms with Crippen LogP contribution in [0.1, 0.15) is 233 Å². The number of hydrogen-bond acceptors (Lipinski definition) is 5. The Labute approximate surface area is 306 Å². The summed E-state index contributed by atoms with van der Waals surface area (Å²) in [7, 11) is 0. The summed E-state index contributed by atoms with van der Waals surface area (Å²) in [5, 5.41) is 0. The average Bonchev–Trinajstić information content (AvgIpc) is 3.49. The maximum Gasteiger partial charge on any atom is 0.306 e. The Hall–Kier alpha value is -1.10. The number of ether oxygens (including phenoxy) is 2. The number of rotatable bonds is 36. The fourth-order valence-electron chi connectivity index (χ4n) is 7.92. The summed E-state index contributed by atoms with van der Waals surface area (Å²) < 4.78 is 11.6. The highest BCUT2D eigenvalue weighted by Crippen LogP contribution is 2.32. The number of carbonyl (C=O) groups excluding carboxylic acids is 2. The Kier molecular flexibility index (Phi) is 31.9. The molecule has 49 heavy (non-hydrogen) atoms. The van der Waals surface area contributed by atoms with Crippen molar-refractivity contribution in [2.45, 2.75) is 245 Å². The van der Waals surface area contributed by atoms with E-state index in [0.717, 1.165) is 57.4 Å². The summed E-state index contributed by atoms with van der Waals surface area (Å²) in [4.78, 5) is 27.7. The van der Waals surface area contributed by atoms with Gasteiger partial charge in [0.15, 0.2) is 0 Å². The Balaban J connectivity index is 2.24. The van der Waals surface area contributed by atoms with Gasteiger partial charge in [-0.3, -0.25) is 9.59 Å². The van der Waals surface area contributed by atoms with Crippen molar-refractivity contribution in [3.63, 3.8) is 0 Å². The average molecular weight is 692 g/mol. The first-order valence-electron chi connectivity index (χ1n) is 22.1. The van der Waals surface area contributed by atoms with Crippen LogP contribution in [0.2, 0.25) is 0 Å². The number of carbonyl (C=O) groups is 2. The van der Waals surface area contributed by atoms with Gasteiger partial charge in [0.1, 0.15) is 6.10 Å². The molecule has 0 saturated carbocycles. The molecule has 0 aromatic heterocycles. The minimum atomic E-state index is -0.00287. The molecular weight excluding hydrogens is 606 g/mol. The first-order chi connectivity index (χ1) is 24.0. The Morgan fingerprint density at radius 3 is 1.57 bits per heavy atom. The summed E-state index contributed by atoms with van der Waals surface area (Å²) >= 11 is 0. The van der Waals surface area contributed by atoms with E-state index in [1.807, 2.05) is 0 Å². The second-order valence-electron chi connectivity index (χ2n) is 15.5. The van der Waals surface area contributed by atoms with Crippen LogP contribution in [0.3, 0.4) is 0 Å². The predicted octanol–water partition coefficient (Wildman–Crippen LogP) is 13.3. The maximum atomic E-state index is 12.8. The van der Waals surface area contributed by atoms with E-state index >= 15 is 0 Å². The molecule has 0 bridgehead atoms. The van der Waals surface area contributed by atoms with E-state index in [-0.39, 0.29) is 18.0 Å². The van der Waals surface area contributed by atoms with Gasteiger partial charge >= 0.3 is 11.9 Å². The summed E-state index contributed by atoms with van der Waals surface area (Å²) in [6.45, 7) is 12.1. The summed E-state index contributed by atoms with van der Waals surface area (Å²) in [5.74, 6) is 0.813. The van der Waals surface area contributed by atoms with E-state index in [9.17, 15) is 9.59 Å². The minimum Gasteiger partial charge on any atom is -0.466 e. The number of hydrogen-bond donors (Lipinski definition) is 0. The van der Waals surface area contributed by atoms with E-state index in [1.165, 1.54) is 154 Å². The van der Waals surface area contributed by atoms with Crippen LogP contribution in [-0.4, -0.2) is 48.7 Å². The van der Waals surface area contributed by atoms with Crippen LogP contribution in [0.5, 0.6) is 0 Å². The third-order valence-corrected chi connectivity index (χ3v) is 11.1. The molecule has 290 valence electrons. The van der Waals surface area contributed by atoms with E-state index in [4.69, 9.17) is 9.47 Å². The number of nitrogens with zero attached hydrogens (tertiary/aromatic N) is 1. The lowest BCUT2D eigenvalue weighted by Crippen LogP contribution is -2.32. The molecule has 2 atom stereocenters. The van der Waals surface area contributed by atoms with Crippen LogP contribution in [0.25, 0.3) is 0 Å². The van der Waals surface area contributed by atoms with E-state index in [1.54, 1.807) is 0 Å². The van der Waals surface area contributed by atoms with Crippen molar-refractivity contribution in [2.75, 3.05) is 19.7 Å². The second-order valence-corrected chi connectivity index (χ2v) is 15.5. The number of likely N-dealkylation sites (tertiary alicyclic amines) is 1. The van der Waals surface area contributed by atoms with Crippen LogP contribution in [0.15, 0.2) is 0 Å². The van der Waals surface area contributed by atoms with Crippen molar-refractivity contribution in [3.8, 4) is 0 Å². The Morgan fingerprint density at radius 1 is 0.551 bits per heavy atom. The third kappa shape index (κ3) is 26.4. The molecule has 1 saturated heterocycles. The van der Waals surface area contributed by atoms with E-state index in [0.29, 0.717) is 25.5 Å². The lowest BCUT2D eigenvalue weighted by molar-refractivity contribution is -0.150. The molecule has 0 aromatic carbocycles. The zero-order valence-corrected chi connectivity index (χ0v) is 33.6. The van der Waals surface area contributed by atoms with Crippen molar-refractivity contribution >= 4 is 11.9 Å². The van der Waals surface area contributed by atoms with Crippen molar-refractivity contribution < 1.29 is 19.1 Å². The van der Waals surface area contributed by atoms with Crippen LogP contribution in [0.4, 0.5) is 0 Å². The van der Waals surface area contributed by atoms with Crippen molar-refractivity contribution in [3.05, 3.63) is 0 Å². The molecular formula is C44H85NO4. The molecule has 0 aliphatic carbocycles. The molecule has 0 spiro atoms. The van der Waals surface area contributed by atoms with Gasteiger partial charge < -0.3 is 14.4 Å². The maximum absolute atomic E-state index is 12.8. The van der Waals surface area contributed by atoms with Crippen molar-refractivity contribution in [1.29, 1.82) is 0 Å². The normalized spacial score (nSPS) is 16.5. The van der Waals surface area contributed by atoms with Gasteiger partial charge in [-0.2, -0.15) is 0 Å². The summed E-state index contributed by atoms with van der Waals surface area (Å²) in [6, 6.07) is 0.683. The predicted molar refractivity (Wildman–Crippen MR) is 210 cm³/mol. The zero-order valence-electron chi connectivity index (χ0n) is 33.6. The highest BCUT2D eigenvalue weighted by atomic mass is 16.5. The first kappa shape index (κ1) is 45.9. The quantitative estimate of drug-likeness (QED) is 0.0483. The van der Waals surface area contributed by atoms with E-state index in [2.05, 4.69) is 32.6 Å². The van der Waals surface area contributed by atoms with Gasteiger partial charge in [-0.1, -0.05) is 156 Å². The largest absolute Gasteiger partial charge is 0.466 e. The molecule has 0 N–H and O–H groups in total. The van der Waals surface area contributed by atoms with Crippen LogP contribution >= 0.6 is 0 Å². The van der Waals surface area contributed by atoms with Gasteiger partial charge in [-0.15, -0.1) is 0 Å². The van der Waals surface area contributed by atoms with Gasteiger partial charge in [-0.05, 0) is 83.2 Å². The number of unbranched alkanes of at least 4 members (excludes halogenated alkanes) is 20. The van der Waals surface area contributed by atoms with Crippen molar-refractivity contribution in [2.24, 2.45) is 5.92 Å². The molecule has 5 nitrogen and oxygen atoms in total. The molecule has 1 fully saturated rings. The molecule has 0 radical (unpaired) electrons. The monoisotopic (exact) mass is 692 g/mol. The second kappa shape index (κ2) is 34.0. The van der Waals surface area contributed by atoms with Crippen LogP contribution in [0, 0.1) is 5.92 Å². The summed E-state index contributed by atoms with van der Waals surface area (Å²) in [5.41, 5.74) is 0. The van der Waals surface area contributed by atoms with Crippen molar-refractivity contribution in [1.82, 2.24) is 4.90 Å². The van der Waals surface area contributed by atoms with Crippen LogP contribution in [-0.2, 0) is 19.1 Å². The molecule has 1 rings (SSSR count). The fraction of sp³-hybridized carbons (Fsp3) is 0.955. The molecule has 5 heteroatoms. The van der Waals surface area contributed by atoms with Crippen LogP contribution < -0.4 is 0 Å². The Bertz CT molecular complexity index is 726. The fourth-order valence-corrected chi connectivity index (χ4v) is 7.92. The van der Waals surface area contributed by atoms with Gasteiger partial charge in [0.25, 0.3) is 0 Å². The van der Waals surface area contributed by atoms with Gasteiger partial charge in [0, 0.05) is 18.9 Å². The minimum absolute atomic E-state index is 0.00287.